The maximum Gasteiger partial charge on any atom is 0.341 e. The maximum absolute atomic E-state index is 12.7. The van der Waals surface area contributed by atoms with Crippen LogP contribution in [-0.4, -0.2) is 67.6 Å². The molecule has 1 aromatic carbocycles. The van der Waals surface area contributed by atoms with E-state index in [1.165, 1.54) is 21.8 Å². The number of benzene rings is 1. The van der Waals surface area contributed by atoms with Crippen molar-refractivity contribution in [2.24, 2.45) is 0 Å². The summed E-state index contributed by atoms with van der Waals surface area (Å²) in [6, 6.07) is 10.3. The number of aryl methyl sites for hydroxylation is 1. The van der Waals surface area contributed by atoms with Gasteiger partial charge in [0.1, 0.15) is 5.00 Å². The molecular formula is C25H31N3O3S. The van der Waals surface area contributed by atoms with Gasteiger partial charge in [-0.1, -0.05) is 42.5 Å². The van der Waals surface area contributed by atoms with Crippen molar-refractivity contribution in [2.75, 3.05) is 51.2 Å². The molecule has 1 N–H and O–H groups in total. The van der Waals surface area contributed by atoms with Crippen LogP contribution in [0.4, 0.5) is 5.00 Å². The normalized spacial score (nSPS) is 16.9. The second-order valence-corrected chi connectivity index (χ2v) is 9.33. The Labute approximate surface area is 193 Å². The van der Waals surface area contributed by atoms with E-state index < -0.39 is 0 Å². The SMILES string of the molecule is CCOC(=O)c1c(NC(=O)CN2CCN(C/C=C/c3ccccc3)CC2)sc2c1CCC2. The zero-order valence-electron chi connectivity index (χ0n) is 18.6. The van der Waals surface area contributed by atoms with E-state index in [-0.39, 0.29) is 11.9 Å². The first-order valence-electron chi connectivity index (χ1n) is 11.4. The third-order valence-electron chi connectivity index (χ3n) is 5.96. The van der Waals surface area contributed by atoms with Crippen molar-refractivity contribution >= 4 is 34.3 Å². The highest BCUT2D eigenvalue weighted by Crippen LogP contribution is 2.39. The zero-order valence-corrected chi connectivity index (χ0v) is 19.5. The second kappa shape index (κ2) is 10.9. The van der Waals surface area contributed by atoms with Gasteiger partial charge in [0.25, 0.3) is 0 Å². The van der Waals surface area contributed by atoms with Gasteiger partial charge in [-0.15, -0.1) is 11.3 Å². The summed E-state index contributed by atoms with van der Waals surface area (Å²) in [5, 5.41) is 3.66. The van der Waals surface area contributed by atoms with E-state index >= 15 is 0 Å². The number of hydrogen-bond donors (Lipinski definition) is 1. The van der Waals surface area contributed by atoms with Crippen molar-refractivity contribution in [3.05, 3.63) is 58.0 Å². The summed E-state index contributed by atoms with van der Waals surface area (Å²) in [5.41, 5.74) is 2.86. The molecular weight excluding hydrogens is 422 g/mol. The van der Waals surface area contributed by atoms with Crippen LogP contribution in [0.25, 0.3) is 6.08 Å². The molecule has 1 aromatic heterocycles. The molecule has 7 heteroatoms. The van der Waals surface area contributed by atoms with Gasteiger partial charge in [-0.05, 0) is 37.3 Å². The fourth-order valence-corrected chi connectivity index (χ4v) is 5.61. The predicted octanol–water partition coefficient (Wildman–Crippen LogP) is 3.68. The first-order chi connectivity index (χ1) is 15.6. The number of hydrogen-bond acceptors (Lipinski definition) is 6. The summed E-state index contributed by atoms with van der Waals surface area (Å²) in [6.45, 7) is 7.00. The van der Waals surface area contributed by atoms with Crippen molar-refractivity contribution in [2.45, 2.75) is 26.2 Å². The lowest BCUT2D eigenvalue weighted by atomic mass is 10.1. The highest BCUT2D eigenvalue weighted by molar-refractivity contribution is 7.17. The highest BCUT2D eigenvalue weighted by Gasteiger charge is 2.28. The van der Waals surface area contributed by atoms with Crippen molar-refractivity contribution in [1.29, 1.82) is 0 Å². The summed E-state index contributed by atoms with van der Waals surface area (Å²) in [5.74, 6) is -0.382. The van der Waals surface area contributed by atoms with Crippen LogP contribution >= 0.6 is 11.3 Å². The number of amides is 1. The lowest BCUT2D eigenvalue weighted by Crippen LogP contribution is -2.48. The molecule has 1 aliphatic heterocycles. The van der Waals surface area contributed by atoms with Gasteiger partial charge in [0.05, 0.1) is 18.7 Å². The minimum atomic E-state index is -0.320. The zero-order chi connectivity index (χ0) is 22.3. The van der Waals surface area contributed by atoms with Crippen LogP contribution in [0.5, 0.6) is 0 Å². The molecule has 2 aliphatic rings. The molecule has 6 nitrogen and oxygen atoms in total. The van der Waals surface area contributed by atoms with Crippen molar-refractivity contribution < 1.29 is 14.3 Å². The molecule has 4 rings (SSSR count). The van der Waals surface area contributed by atoms with E-state index in [1.807, 2.05) is 18.2 Å². The van der Waals surface area contributed by atoms with Crippen LogP contribution in [0.2, 0.25) is 0 Å². The summed E-state index contributed by atoms with van der Waals surface area (Å²) in [4.78, 5) is 31.0. The van der Waals surface area contributed by atoms with Gasteiger partial charge in [-0.25, -0.2) is 4.79 Å². The Morgan fingerprint density at radius 1 is 1.09 bits per heavy atom. The number of esters is 1. The van der Waals surface area contributed by atoms with E-state index in [0.29, 0.717) is 23.7 Å². The minimum Gasteiger partial charge on any atom is -0.462 e. The number of piperazine rings is 1. The molecule has 1 amide bonds. The Morgan fingerprint density at radius 3 is 2.59 bits per heavy atom. The summed E-state index contributed by atoms with van der Waals surface area (Å²) in [6.07, 6.45) is 7.27. The Balaban J connectivity index is 1.26. The van der Waals surface area contributed by atoms with Crippen LogP contribution < -0.4 is 5.32 Å². The minimum absolute atomic E-state index is 0.0621. The van der Waals surface area contributed by atoms with Gasteiger partial charge >= 0.3 is 5.97 Å². The highest BCUT2D eigenvalue weighted by atomic mass is 32.1. The molecule has 32 heavy (non-hydrogen) atoms. The van der Waals surface area contributed by atoms with Crippen molar-refractivity contribution in [1.82, 2.24) is 9.80 Å². The van der Waals surface area contributed by atoms with E-state index in [4.69, 9.17) is 4.74 Å². The number of anilines is 1. The van der Waals surface area contributed by atoms with Gasteiger partial charge in [0, 0.05) is 37.6 Å². The van der Waals surface area contributed by atoms with E-state index in [9.17, 15) is 9.59 Å². The van der Waals surface area contributed by atoms with Crippen LogP contribution in [-0.2, 0) is 22.4 Å². The fourth-order valence-electron chi connectivity index (χ4n) is 4.31. The van der Waals surface area contributed by atoms with Crippen LogP contribution in [0, 0.1) is 0 Å². The van der Waals surface area contributed by atoms with E-state index in [0.717, 1.165) is 57.5 Å². The number of ether oxygens (including phenoxy) is 1. The lowest BCUT2D eigenvalue weighted by Gasteiger charge is -2.33. The fraction of sp³-hybridized carbons (Fsp3) is 0.440. The number of nitrogens with zero attached hydrogens (tertiary/aromatic N) is 2. The summed E-state index contributed by atoms with van der Waals surface area (Å²) in [7, 11) is 0. The van der Waals surface area contributed by atoms with Crippen LogP contribution in [0.3, 0.4) is 0 Å². The number of nitrogens with one attached hydrogen (secondary N) is 1. The summed E-state index contributed by atoms with van der Waals surface area (Å²) < 4.78 is 5.25. The topological polar surface area (TPSA) is 61.9 Å². The molecule has 170 valence electrons. The molecule has 1 saturated heterocycles. The standard InChI is InChI=1S/C25H31N3O3S/c1-2-31-25(30)23-20-11-6-12-21(20)32-24(23)26-22(29)18-28-16-14-27(15-17-28)13-7-10-19-8-4-3-5-9-19/h3-5,7-10H,2,6,11-18H2,1H3,(H,26,29)/b10-7+. The molecule has 0 bridgehead atoms. The third-order valence-corrected chi connectivity index (χ3v) is 7.17. The second-order valence-electron chi connectivity index (χ2n) is 8.22. The Hall–Kier alpha value is -2.48. The molecule has 0 radical (unpaired) electrons. The molecule has 0 spiro atoms. The lowest BCUT2D eigenvalue weighted by molar-refractivity contribution is -0.117. The average molecular weight is 454 g/mol. The predicted molar refractivity (Wildman–Crippen MR) is 129 cm³/mol. The smallest absolute Gasteiger partial charge is 0.341 e. The van der Waals surface area contributed by atoms with Gasteiger partial charge in [0.15, 0.2) is 0 Å². The molecule has 1 aliphatic carbocycles. The van der Waals surface area contributed by atoms with Crippen LogP contribution in [0.15, 0.2) is 36.4 Å². The Morgan fingerprint density at radius 2 is 1.84 bits per heavy atom. The van der Waals surface area contributed by atoms with Gasteiger partial charge in [-0.2, -0.15) is 0 Å². The van der Waals surface area contributed by atoms with Crippen molar-refractivity contribution in [3.8, 4) is 0 Å². The van der Waals surface area contributed by atoms with Crippen molar-refractivity contribution in [3.63, 3.8) is 0 Å². The first kappa shape index (κ1) is 22.7. The van der Waals surface area contributed by atoms with Gasteiger partial charge in [-0.3, -0.25) is 14.6 Å². The molecule has 2 aromatic rings. The quantitative estimate of drug-likeness (QED) is 0.618. The Kier molecular flexibility index (Phi) is 7.73. The molecule has 1 fully saturated rings. The number of fused-ring (bicyclic) bond motifs is 1. The number of carbonyl (C=O) groups is 2. The third kappa shape index (κ3) is 5.65. The Bertz CT molecular complexity index is 962. The maximum atomic E-state index is 12.7. The molecule has 0 unspecified atom stereocenters. The average Bonchev–Trinajstić information content (AvgIpc) is 3.36. The monoisotopic (exact) mass is 453 g/mol. The molecule has 0 saturated carbocycles. The van der Waals surface area contributed by atoms with Crippen LogP contribution in [0.1, 0.15) is 39.7 Å². The molecule has 2 heterocycles. The number of rotatable bonds is 8. The van der Waals surface area contributed by atoms with Gasteiger partial charge < -0.3 is 10.1 Å². The van der Waals surface area contributed by atoms with Gasteiger partial charge in [0.2, 0.25) is 5.91 Å². The molecule has 0 atom stereocenters. The largest absolute Gasteiger partial charge is 0.462 e. The number of carbonyl (C=O) groups excluding carboxylic acids is 2. The number of thiophene rings is 1. The van der Waals surface area contributed by atoms with E-state index in [2.05, 4.69) is 39.4 Å². The summed E-state index contributed by atoms with van der Waals surface area (Å²) >= 11 is 1.53. The first-order valence-corrected chi connectivity index (χ1v) is 12.2. The van der Waals surface area contributed by atoms with E-state index in [1.54, 1.807) is 6.92 Å².